The largest absolute Gasteiger partial charge is 0.490 e. The summed E-state index contributed by atoms with van der Waals surface area (Å²) in [5.41, 5.74) is 1.31. The van der Waals surface area contributed by atoms with E-state index < -0.39 is 19.7 Å². The molecule has 9 nitrogen and oxygen atoms in total. The number of ether oxygens (including phenoxy) is 2. The summed E-state index contributed by atoms with van der Waals surface area (Å²) in [6.45, 7) is 1.17. The Labute approximate surface area is 258 Å². The zero-order valence-corrected chi connectivity index (χ0v) is 26.0. The maximum absolute atomic E-state index is 12.4. The lowest BCUT2D eigenvalue weighted by Gasteiger charge is -2.19. The molecule has 4 aromatic rings. The number of hydrogen-bond acceptors (Lipinski definition) is 9. The summed E-state index contributed by atoms with van der Waals surface area (Å²) in [6, 6.07) is 25.9. The van der Waals surface area contributed by atoms with E-state index >= 15 is 0 Å². The van der Waals surface area contributed by atoms with Crippen molar-refractivity contribution in [1.82, 2.24) is 0 Å². The molecule has 0 atom stereocenters. The maximum Gasteiger partial charge on any atom is 0.262 e. The van der Waals surface area contributed by atoms with Crippen LogP contribution in [0.25, 0.3) is 0 Å². The number of benzene rings is 4. The monoisotopic (exact) mass is 637 g/mol. The van der Waals surface area contributed by atoms with Gasteiger partial charge in [0.2, 0.25) is 19.7 Å². The molecule has 0 bridgehead atoms. The molecule has 223 valence electrons. The number of fused-ring (bicyclic) bond motifs is 2. The van der Waals surface area contributed by atoms with E-state index in [0.717, 1.165) is 12.2 Å². The van der Waals surface area contributed by atoms with E-state index in [0.29, 0.717) is 28.7 Å². The van der Waals surface area contributed by atoms with Gasteiger partial charge in [0, 0.05) is 27.1 Å². The van der Waals surface area contributed by atoms with Crippen LogP contribution in [0, 0.1) is 0 Å². The summed E-state index contributed by atoms with van der Waals surface area (Å²) >= 11 is 1.75. The van der Waals surface area contributed by atoms with Gasteiger partial charge in [-0.1, -0.05) is 36.4 Å². The third-order valence-corrected chi connectivity index (χ3v) is 9.48. The molecule has 4 aromatic carbocycles. The predicted octanol–water partition coefficient (Wildman–Crippen LogP) is 4.77. The molecule has 13 heteroatoms. The molecule has 3 radical (unpaired) electrons. The SMILES string of the molecule is CSC.O=C1COc2cc(S(=O)(=O)c3ccccc3)ccc2N1.O=S(=O)(c1ccccc1)c1ccc2c(c1)OCCN2.[B]. The van der Waals surface area contributed by atoms with Gasteiger partial charge >= 0.3 is 0 Å². The molecule has 0 aromatic heterocycles. The summed E-state index contributed by atoms with van der Waals surface area (Å²) in [7, 11) is -7.06. The zero-order valence-electron chi connectivity index (χ0n) is 23.5. The van der Waals surface area contributed by atoms with Crippen molar-refractivity contribution in [2.75, 3.05) is 42.9 Å². The highest BCUT2D eigenvalue weighted by atomic mass is 32.2. The second-order valence-corrected chi connectivity index (χ2v) is 13.7. The van der Waals surface area contributed by atoms with Gasteiger partial charge in [-0.15, -0.1) is 0 Å². The summed E-state index contributed by atoms with van der Waals surface area (Å²) in [4.78, 5) is 12.1. The van der Waals surface area contributed by atoms with Crippen molar-refractivity contribution in [3.8, 4) is 11.5 Å². The standard InChI is InChI=1S/C14H11NO4S.C14H13NO3S.C2H6S.B/c16-14-9-19-13-8-11(6-7-12(13)15-14)20(17,18)10-4-2-1-3-5-10;16-19(17,11-4-2-1-3-5-11)12-6-7-13-14(10-12)18-9-8-15-13;1-3-2;/h1-8H,9H2,(H,15,16);1-7,10,15H,8-9H2;1-2H3;. The fourth-order valence-electron chi connectivity index (χ4n) is 3.98. The highest BCUT2D eigenvalue weighted by Crippen LogP contribution is 2.33. The average molecular weight is 638 g/mol. The topological polar surface area (TPSA) is 128 Å². The summed E-state index contributed by atoms with van der Waals surface area (Å²) in [5, 5.41) is 5.78. The van der Waals surface area contributed by atoms with Crippen LogP contribution in [0.4, 0.5) is 11.4 Å². The van der Waals surface area contributed by atoms with Crippen LogP contribution >= 0.6 is 11.8 Å². The number of nitrogens with one attached hydrogen (secondary N) is 2. The third kappa shape index (κ3) is 8.12. The second kappa shape index (κ2) is 15.0. The summed E-state index contributed by atoms with van der Waals surface area (Å²) in [5.74, 6) is 0.695. The van der Waals surface area contributed by atoms with E-state index in [1.54, 1.807) is 78.5 Å². The van der Waals surface area contributed by atoms with E-state index in [1.165, 1.54) is 30.3 Å². The number of rotatable bonds is 4. The first kappa shape index (κ1) is 33.6. The van der Waals surface area contributed by atoms with Crippen LogP contribution < -0.4 is 20.1 Å². The Hall–Kier alpha value is -3.94. The molecule has 2 heterocycles. The van der Waals surface area contributed by atoms with Gasteiger partial charge in [-0.25, -0.2) is 16.8 Å². The fourth-order valence-corrected chi connectivity index (χ4v) is 6.57. The lowest BCUT2D eigenvalue weighted by Crippen LogP contribution is -2.25. The number of hydrogen-bond donors (Lipinski definition) is 2. The van der Waals surface area contributed by atoms with Gasteiger partial charge in [-0.2, -0.15) is 11.8 Å². The lowest BCUT2D eigenvalue weighted by atomic mass is 10.2. The van der Waals surface area contributed by atoms with Gasteiger partial charge in [0.1, 0.15) is 18.1 Å². The van der Waals surface area contributed by atoms with E-state index in [9.17, 15) is 21.6 Å². The number of sulfone groups is 2. The van der Waals surface area contributed by atoms with Crippen molar-refractivity contribution in [1.29, 1.82) is 0 Å². The van der Waals surface area contributed by atoms with Crippen molar-refractivity contribution in [3.05, 3.63) is 97.1 Å². The highest BCUT2D eigenvalue weighted by Gasteiger charge is 2.23. The van der Waals surface area contributed by atoms with Gasteiger partial charge in [-0.05, 0) is 61.0 Å². The minimum Gasteiger partial charge on any atom is -0.490 e. The van der Waals surface area contributed by atoms with Crippen molar-refractivity contribution in [3.63, 3.8) is 0 Å². The molecule has 0 aliphatic carbocycles. The van der Waals surface area contributed by atoms with Gasteiger partial charge in [0.15, 0.2) is 6.61 Å². The van der Waals surface area contributed by atoms with Crippen molar-refractivity contribution in [2.45, 2.75) is 19.6 Å². The molecule has 43 heavy (non-hydrogen) atoms. The van der Waals surface area contributed by atoms with Crippen LogP contribution in [0.15, 0.2) is 117 Å². The second-order valence-electron chi connectivity index (χ2n) is 8.97. The molecule has 0 saturated heterocycles. The molecule has 0 saturated carbocycles. The van der Waals surface area contributed by atoms with E-state index in [1.807, 2.05) is 12.5 Å². The zero-order chi connectivity index (χ0) is 30.2. The minimum absolute atomic E-state index is 0. The van der Waals surface area contributed by atoms with Crippen LogP contribution in [0.1, 0.15) is 0 Å². The number of thioether (sulfide) groups is 1. The van der Waals surface area contributed by atoms with E-state index in [4.69, 9.17) is 9.47 Å². The first-order valence-electron chi connectivity index (χ1n) is 12.7. The Morgan fingerprint density at radius 1 is 0.651 bits per heavy atom. The Morgan fingerprint density at radius 3 is 1.63 bits per heavy atom. The van der Waals surface area contributed by atoms with Gasteiger partial charge < -0.3 is 20.1 Å². The molecular weight excluding hydrogens is 607 g/mol. The molecule has 0 spiro atoms. The molecule has 1 amide bonds. The molecule has 2 N–H and O–H groups in total. The first-order valence-corrected chi connectivity index (χ1v) is 17.3. The summed E-state index contributed by atoms with van der Waals surface area (Å²) < 4.78 is 60.5. The van der Waals surface area contributed by atoms with E-state index in [-0.39, 0.29) is 35.6 Å². The predicted molar refractivity (Wildman–Crippen MR) is 170 cm³/mol. The van der Waals surface area contributed by atoms with Crippen LogP contribution in [0.2, 0.25) is 0 Å². The molecule has 6 rings (SSSR count). The maximum atomic E-state index is 12.4. The molecular formula is C30H30BN2O7S3. The van der Waals surface area contributed by atoms with Crippen molar-refractivity contribution >= 4 is 57.1 Å². The van der Waals surface area contributed by atoms with Gasteiger partial charge in [0.25, 0.3) is 5.91 Å². The number of amides is 1. The third-order valence-electron chi connectivity index (χ3n) is 5.94. The van der Waals surface area contributed by atoms with Crippen LogP contribution in [0.5, 0.6) is 11.5 Å². The molecule has 0 unspecified atom stereocenters. The molecule has 0 fully saturated rings. The lowest BCUT2D eigenvalue weighted by molar-refractivity contribution is -0.118. The van der Waals surface area contributed by atoms with E-state index in [2.05, 4.69) is 10.6 Å². The molecule has 2 aliphatic rings. The fraction of sp³-hybridized carbons (Fsp3) is 0.167. The molecule has 2 aliphatic heterocycles. The number of anilines is 2. The Balaban J connectivity index is 0.000000212. The first-order chi connectivity index (χ1) is 20.2. The average Bonchev–Trinajstić information content (AvgIpc) is 3.02. The van der Waals surface area contributed by atoms with Gasteiger partial charge in [0.05, 0.1) is 31.0 Å². The Bertz CT molecular complexity index is 1750. The van der Waals surface area contributed by atoms with Crippen molar-refractivity contribution in [2.24, 2.45) is 0 Å². The van der Waals surface area contributed by atoms with Crippen LogP contribution in [-0.2, 0) is 24.5 Å². The normalized spacial score (nSPS) is 13.2. The number of carbonyl (C=O) groups is 1. The highest BCUT2D eigenvalue weighted by molar-refractivity contribution is 7.97. The quantitative estimate of drug-likeness (QED) is 0.304. The smallest absolute Gasteiger partial charge is 0.262 e. The van der Waals surface area contributed by atoms with Crippen LogP contribution in [-0.4, -0.2) is 63.4 Å². The van der Waals surface area contributed by atoms with Gasteiger partial charge in [-0.3, -0.25) is 4.79 Å². The summed E-state index contributed by atoms with van der Waals surface area (Å²) in [6.07, 6.45) is 4.08. The Morgan fingerprint density at radius 2 is 1.12 bits per heavy atom. The minimum atomic E-state index is -3.58. The van der Waals surface area contributed by atoms with Crippen molar-refractivity contribution < 1.29 is 31.1 Å². The number of carbonyl (C=O) groups excluding carboxylic acids is 1. The Kier molecular flexibility index (Phi) is 11.7. The van der Waals surface area contributed by atoms with Crippen LogP contribution in [0.3, 0.4) is 0 Å².